The molecule has 0 aliphatic carbocycles. The average molecular weight is 367 g/mol. The van der Waals surface area contributed by atoms with Gasteiger partial charge in [0, 0.05) is 6.61 Å². The van der Waals surface area contributed by atoms with Crippen LogP contribution in [0.15, 0.2) is 23.2 Å². The van der Waals surface area contributed by atoms with E-state index in [1.165, 1.54) is 0 Å². The highest BCUT2D eigenvalue weighted by molar-refractivity contribution is 6.30. The third-order valence-electron chi connectivity index (χ3n) is 3.30. The first-order chi connectivity index (χ1) is 11.3. The van der Waals surface area contributed by atoms with Crippen molar-refractivity contribution in [3.63, 3.8) is 0 Å². The van der Waals surface area contributed by atoms with Gasteiger partial charge in [0.1, 0.15) is 16.5 Å². The molecule has 7 heteroatoms. The molecule has 0 aromatic heterocycles. The molecule has 0 saturated heterocycles. The second-order valence-corrected chi connectivity index (χ2v) is 5.69. The summed E-state index contributed by atoms with van der Waals surface area (Å²) in [4.78, 5) is 0. The van der Waals surface area contributed by atoms with E-state index in [1.54, 1.807) is 12.1 Å². The third kappa shape index (κ3) is 7.01. The maximum atomic E-state index is 12.1. The van der Waals surface area contributed by atoms with Crippen LogP contribution in [0.2, 0.25) is 0 Å². The lowest BCUT2D eigenvalue weighted by molar-refractivity contribution is -0.0850. The molecule has 0 unspecified atom stereocenters. The Morgan fingerprint density at radius 2 is 1.92 bits per heavy atom. The van der Waals surface area contributed by atoms with Crippen LogP contribution in [0, 0.1) is 6.92 Å². The first-order valence-electron chi connectivity index (χ1n) is 7.71. The molecule has 0 saturated carbocycles. The summed E-state index contributed by atoms with van der Waals surface area (Å²) in [6.07, 6.45) is -1.58. The van der Waals surface area contributed by atoms with Gasteiger partial charge in [-0.2, -0.15) is 13.2 Å². The molecular formula is C17H22ClF3O3. The third-order valence-corrected chi connectivity index (χ3v) is 3.67. The zero-order valence-corrected chi connectivity index (χ0v) is 14.5. The minimum atomic E-state index is -4.52. The Balaban J connectivity index is 2.26. The molecular weight excluding hydrogens is 345 g/mol. The van der Waals surface area contributed by atoms with Crippen LogP contribution in [-0.2, 0) is 11.2 Å². The van der Waals surface area contributed by atoms with Gasteiger partial charge < -0.3 is 14.6 Å². The molecule has 3 nitrogen and oxygen atoms in total. The van der Waals surface area contributed by atoms with Crippen LogP contribution in [-0.4, -0.2) is 31.1 Å². The highest BCUT2D eigenvalue weighted by atomic mass is 35.5. The summed E-state index contributed by atoms with van der Waals surface area (Å²) in [6.45, 7) is 4.48. The topological polar surface area (TPSA) is 38.7 Å². The van der Waals surface area contributed by atoms with Crippen LogP contribution in [0.5, 0.6) is 11.5 Å². The van der Waals surface area contributed by atoms with Gasteiger partial charge in [-0.3, -0.25) is 0 Å². The summed E-state index contributed by atoms with van der Waals surface area (Å²) in [5.74, 6) is 0.992. The lowest BCUT2D eigenvalue weighted by Gasteiger charge is -2.14. The van der Waals surface area contributed by atoms with E-state index in [0.29, 0.717) is 26.1 Å². The normalized spacial score (nSPS) is 12.5. The van der Waals surface area contributed by atoms with Crippen molar-refractivity contribution < 1.29 is 27.8 Å². The van der Waals surface area contributed by atoms with Crippen LogP contribution in [0.1, 0.15) is 30.9 Å². The number of alkyl halides is 3. The SMILES string of the molecule is CCc1cc(O)cc(C)c1OCCCCOC/C=C(\Cl)C(F)(F)F. The van der Waals surface area contributed by atoms with E-state index in [0.717, 1.165) is 29.4 Å². The predicted octanol–water partition coefficient (Wildman–Crippen LogP) is 5.12. The quantitative estimate of drug-likeness (QED) is 0.616. The van der Waals surface area contributed by atoms with Crippen molar-refractivity contribution in [1.29, 1.82) is 0 Å². The van der Waals surface area contributed by atoms with Gasteiger partial charge >= 0.3 is 6.18 Å². The summed E-state index contributed by atoms with van der Waals surface area (Å²) >= 11 is 5.06. The summed E-state index contributed by atoms with van der Waals surface area (Å²) in [7, 11) is 0. The Hall–Kier alpha value is -1.40. The lowest BCUT2D eigenvalue weighted by atomic mass is 10.1. The molecule has 0 aliphatic rings. The number of aryl methyl sites for hydroxylation is 2. The largest absolute Gasteiger partial charge is 0.508 e. The first-order valence-corrected chi connectivity index (χ1v) is 8.09. The molecule has 0 bridgehead atoms. The van der Waals surface area contributed by atoms with Crippen LogP contribution >= 0.6 is 11.6 Å². The number of benzene rings is 1. The number of phenols is 1. The van der Waals surface area contributed by atoms with E-state index in [1.807, 2.05) is 13.8 Å². The molecule has 0 fully saturated rings. The fourth-order valence-electron chi connectivity index (χ4n) is 2.11. The second-order valence-electron chi connectivity index (χ2n) is 5.28. The first kappa shape index (κ1) is 20.6. The molecule has 1 aromatic rings. The Morgan fingerprint density at radius 3 is 2.54 bits per heavy atom. The van der Waals surface area contributed by atoms with Crippen molar-refractivity contribution in [2.75, 3.05) is 19.8 Å². The molecule has 0 radical (unpaired) electrons. The summed E-state index contributed by atoms with van der Waals surface area (Å²) in [5.41, 5.74) is 1.81. The van der Waals surface area contributed by atoms with E-state index in [9.17, 15) is 18.3 Å². The Labute approximate surface area is 145 Å². The minimum Gasteiger partial charge on any atom is -0.508 e. The predicted molar refractivity (Wildman–Crippen MR) is 87.8 cm³/mol. The molecule has 24 heavy (non-hydrogen) atoms. The van der Waals surface area contributed by atoms with Crippen molar-refractivity contribution in [2.45, 2.75) is 39.3 Å². The number of unbranched alkanes of at least 4 members (excludes halogenated alkanes) is 1. The zero-order valence-electron chi connectivity index (χ0n) is 13.8. The highest BCUT2D eigenvalue weighted by Gasteiger charge is 2.31. The van der Waals surface area contributed by atoms with E-state index < -0.39 is 11.2 Å². The summed E-state index contributed by atoms with van der Waals surface area (Å²) in [6, 6.07) is 3.33. The smallest absolute Gasteiger partial charge is 0.426 e. The lowest BCUT2D eigenvalue weighted by Crippen LogP contribution is -2.08. The molecule has 0 spiro atoms. The standard InChI is InChI=1S/C17H22ClF3O3/c1-3-13-11-14(22)10-12(2)16(13)24-8-5-4-7-23-9-6-15(18)17(19,20)21/h6,10-11,22H,3-5,7-9H2,1-2H3/b15-6-. The Bertz CT molecular complexity index is 557. The van der Waals surface area contributed by atoms with Gasteiger partial charge in [-0.1, -0.05) is 18.5 Å². The molecule has 136 valence electrons. The van der Waals surface area contributed by atoms with Gasteiger partial charge in [0.05, 0.1) is 13.2 Å². The number of ether oxygens (including phenoxy) is 2. The van der Waals surface area contributed by atoms with Crippen molar-refractivity contribution in [1.82, 2.24) is 0 Å². The molecule has 1 rings (SSSR count). The van der Waals surface area contributed by atoms with Gasteiger partial charge in [-0.05, 0) is 55.5 Å². The molecule has 0 heterocycles. The highest BCUT2D eigenvalue weighted by Crippen LogP contribution is 2.29. The van der Waals surface area contributed by atoms with Crippen LogP contribution in [0.4, 0.5) is 13.2 Å². The van der Waals surface area contributed by atoms with Crippen molar-refractivity contribution in [3.8, 4) is 11.5 Å². The fraction of sp³-hybridized carbons (Fsp3) is 0.529. The summed E-state index contributed by atoms with van der Waals surface area (Å²) < 4.78 is 47.2. The minimum absolute atomic E-state index is 0.170. The monoisotopic (exact) mass is 366 g/mol. The molecule has 0 amide bonds. The van der Waals surface area contributed by atoms with Gasteiger partial charge in [0.25, 0.3) is 0 Å². The maximum Gasteiger partial charge on any atom is 0.426 e. The average Bonchev–Trinajstić information content (AvgIpc) is 2.49. The van der Waals surface area contributed by atoms with E-state index in [2.05, 4.69) is 0 Å². The number of halogens is 4. The number of aromatic hydroxyl groups is 1. The zero-order chi connectivity index (χ0) is 18.2. The van der Waals surface area contributed by atoms with Crippen LogP contribution in [0.3, 0.4) is 0 Å². The van der Waals surface area contributed by atoms with E-state index >= 15 is 0 Å². The fourth-order valence-corrected chi connectivity index (χ4v) is 2.17. The van der Waals surface area contributed by atoms with Crippen LogP contribution < -0.4 is 4.74 Å². The number of allylic oxidation sites excluding steroid dienone is 1. The van der Waals surface area contributed by atoms with Gasteiger partial charge in [-0.25, -0.2) is 0 Å². The number of rotatable bonds is 9. The maximum absolute atomic E-state index is 12.1. The van der Waals surface area contributed by atoms with E-state index in [-0.39, 0.29) is 12.4 Å². The molecule has 0 aliphatic heterocycles. The van der Waals surface area contributed by atoms with Crippen molar-refractivity contribution in [3.05, 3.63) is 34.4 Å². The number of phenolic OH excluding ortho intramolecular Hbond substituents is 1. The summed E-state index contributed by atoms with van der Waals surface area (Å²) in [5, 5.41) is 8.41. The number of hydrogen-bond acceptors (Lipinski definition) is 3. The van der Waals surface area contributed by atoms with Gasteiger partial charge in [0.2, 0.25) is 0 Å². The van der Waals surface area contributed by atoms with Gasteiger partial charge in [0.15, 0.2) is 0 Å². The Morgan fingerprint density at radius 1 is 1.25 bits per heavy atom. The molecule has 1 aromatic carbocycles. The van der Waals surface area contributed by atoms with Crippen molar-refractivity contribution >= 4 is 11.6 Å². The van der Waals surface area contributed by atoms with E-state index in [4.69, 9.17) is 21.1 Å². The molecule has 1 N–H and O–H groups in total. The van der Waals surface area contributed by atoms with Crippen molar-refractivity contribution in [2.24, 2.45) is 0 Å². The van der Waals surface area contributed by atoms with Crippen LogP contribution in [0.25, 0.3) is 0 Å². The van der Waals surface area contributed by atoms with Gasteiger partial charge in [-0.15, -0.1) is 0 Å². The second kappa shape index (κ2) is 9.79. The Kier molecular flexibility index (Phi) is 8.42. The number of hydrogen-bond donors (Lipinski definition) is 1. The molecule has 0 atom stereocenters.